The van der Waals surface area contributed by atoms with Crippen molar-refractivity contribution in [3.63, 3.8) is 0 Å². The molecule has 8 nitrogen and oxygen atoms in total. The molecule has 1 aromatic carbocycles. The maximum absolute atomic E-state index is 12.6. The molecular formula is C15H16N6O2S. The molecule has 4 rings (SSSR count). The van der Waals surface area contributed by atoms with Gasteiger partial charge in [-0.3, -0.25) is 0 Å². The van der Waals surface area contributed by atoms with Gasteiger partial charge >= 0.3 is 0 Å². The second kappa shape index (κ2) is 5.45. The topological polar surface area (TPSA) is 92.5 Å². The zero-order valence-corrected chi connectivity index (χ0v) is 13.9. The van der Waals surface area contributed by atoms with Crippen LogP contribution in [0.3, 0.4) is 0 Å². The smallest absolute Gasteiger partial charge is 0.264 e. The summed E-state index contributed by atoms with van der Waals surface area (Å²) in [6.07, 6.45) is 5.27. The van der Waals surface area contributed by atoms with Crippen molar-refractivity contribution >= 4 is 27.4 Å². The molecule has 3 aromatic rings. The molecule has 0 unspecified atom stereocenters. The van der Waals surface area contributed by atoms with Crippen LogP contribution in [-0.2, 0) is 16.4 Å². The van der Waals surface area contributed by atoms with E-state index < -0.39 is 10.0 Å². The van der Waals surface area contributed by atoms with Crippen LogP contribution in [0, 0.1) is 0 Å². The molecule has 1 aliphatic rings. The number of rotatable bonds is 3. The van der Waals surface area contributed by atoms with Gasteiger partial charge in [0.05, 0.1) is 4.90 Å². The van der Waals surface area contributed by atoms with Crippen LogP contribution in [0.25, 0.3) is 5.78 Å². The Kier molecular flexibility index (Phi) is 3.38. The van der Waals surface area contributed by atoms with Gasteiger partial charge in [-0.1, -0.05) is 6.07 Å². The van der Waals surface area contributed by atoms with Crippen molar-refractivity contribution in [3.8, 4) is 0 Å². The highest BCUT2D eigenvalue weighted by Gasteiger charge is 2.21. The Morgan fingerprint density at radius 3 is 3.00 bits per heavy atom. The lowest BCUT2D eigenvalue weighted by atomic mass is 10.0. The second-order valence-electron chi connectivity index (χ2n) is 5.72. The van der Waals surface area contributed by atoms with E-state index in [1.807, 2.05) is 13.1 Å². The predicted octanol–water partition coefficient (Wildman–Crippen LogP) is 1.31. The van der Waals surface area contributed by atoms with Crippen molar-refractivity contribution in [3.05, 3.63) is 42.2 Å². The Hall–Kier alpha value is -2.68. The summed E-state index contributed by atoms with van der Waals surface area (Å²) in [5, 5.41) is 4.07. The summed E-state index contributed by atoms with van der Waals surface area (Å²) in [6, 6.07) is 6.89. The number of fused-ring (bicyclic) bond motifs is 2. The summed E-state index contributed by atoms with van der Waals surface area (Å²) in [4.78, 5) is 10.4. The first-order valence-electron chi connectivity index (χ1n) is 7.57. The van der Waals surface area contributed by atoms with Crippen molar-refractivity contribution in [2.75, 3.05) is 23.2 Å². The number of anilines is 2. The van der Waals surface area contributed by atoms with Crippen molar-refractivity contribution in [1.29, 1.82) is 0 Å². The number of benzene rings is 1. The third kappa shape index (κ3) is 2.56. The van der Waals surface area contributed by atoms with Crippen molar-refractivity contribution in [2.24, 2.45) is 0 Å². The zero-order valence-electron chi connectivity index (χ0n) is 13.0. The Bertz CT molecular complexity index is 981. The van der Waals surface area contributed by atoms with Crippen LogP contribution in [0.5, 0.6) is 0 Å². The van der Waals surface area contributed by atoms with Gasteiger partial charge in [-0.05, 0) is 36.6 Å². The molecular weight excluding hydrogens is 328 g/mol. The molecule has 0 bridgehead atoms. The Morgan fingerprint density at radius 1 is 1.29 bits per heavy atom. The molecule has 0 saturated carbocycles. The average molecular weight is 344 g/mol. The molecule has 124 valence electrons. The largest absolute Gasteiger partial charge is 0.374 e. The van der Waals surface area contributed by atoms with Crippen LogP contribution in [0.4, 0.5) is 11.6 Å². The van der Waals surface area contributed by atoms with Gasteiger partial charge < -0.3 is 4.90 Å². The molecule has 3 heterocycles. The van der Waals surface area contributed by atoms with E-state index in [2.05, 4.69) is 24.7 Å². The van der Waals surface area contributed by atoms with E-state index in [0.29, 0.717) is 5.78 Å². The molecule has 1 aliphatic heterocycles. The standard InChI is InChI=1S/C15H16N6O2S/c1-20-8-2-4-11-5-6-12(10-13(11)20)24(22,23)19-14-17-15-16-7-3-9-21(15)18-14/h3,5-7,9-10H,2,4,8H2,1H3,(H,18,19). The monoisotopic (exact) mass is 344 g/mol. The van der Waals surface area contributed by atoms with Crippen LogP contribution in [0.15, 0.2) is 41.6 Å². The van der Waals surface area contributed by atoms with E-state index in [4.69, 9.17) is 0 Å². The number of hydrogen-bond acceptors (Lipinski definition) is 6. The third-order valence-electron chi connectivity index (χ3n) is 4.06. The Morgan fingerprint density at radius 2 is 2.17 bits per heavy atom. The first-order chi connectivity index (χ1) is 11.5. The number of sulfonamides is 1. The SMILES string of the molecule is CN1CCCc2ccc(S(=O)(=O)Nc3nc4ncccn4n3)cc21. The lowest BCUT2D eigenvalue weighted by Gasteiger charge is -2.27. The third-order valence-corrected chi connectivity index (χ3v) is 5.39. The average Bonchev–Trinajstić information content (AvgIpc) is 2.96. The van der Waals surface area contributed by atoms with Gasteiger partial charge in [0.1, 0.15) is 0 Å². The molecule has 0 aliphatic carbocycles. The van der Waals surface area contributed by atoms with Crippen LogP contribution < -0.4 is 9.62 Å². The second-order valence-corrected chi connectivity index (χ2v) is 7.40. The van der Waals surface area contributed by atoms with Crippen LogP contribution in [0.1, 0.15) is 12.0 Å². The lowest BCUT2D eigenvalue weighted by molar-refractivity contribution is 0.600. The minimum absolute atomic E-state index is 0.000208. The summed E-state index contributed by atoms with van der Waals surface area (Å²) in [5.74, 6) is 0.333. The van der Waals surface area contributed by atoms with E-state index in [-0.39, 0.29) is 10.8 Å². The minimum atomic E-state index is -3.76. The molecule has 0 spiro atoms. The zero-order chi connectivity index (χ0) is 16.7. The number of nitrogens with one attached hydrogen (secondary N) is 1. The normalized spacial score (nSPS) is 14.6. The van der Waals surface area contributed by atoms with Gasteiger partial charge in [-0.2, -0.15) is 4.98 Å². The van der Waals surface area contributed by atoms with E-state index in [9.17, 15) is 8.42 Å². The first kappa shape index (κ1) is 14.9. The van der Waals surface area contributed by atoms with Gasteiger partial charge in [0.15, 0.2) is 0 Å². The molecule has 0 amide bonds. The van der Waals surface area contributed by atoms with E-state index in [1.54, 1.807) is 30.6 Å². The fourth-order valence-corrected chi connectivity index (χ4v) is 3.82. The van der Waals surface area contributed by atoms with Crippen LogP contribution in [-0.4, -0.2) is 41.6 Å². The highest BCUT2D eigenvalue weighted by atomic mass is 32.2. The summed E-state index contributed by atoms with van der Waals surface area (Å²) in [7, 11) is -1.79. The maximum atomic E-state index is 12.6. The summed E-state index contributed by atoms with van der Waals surface area (Å²) < 4.78 is 29.1. The Labute approximate surface area is 139 Å². The van der Waals surface area contributed by atoms with Gasteiger partial charge in [0, 0.05) is 31.7 Å². The number of hydrogen-bond donors (Lipinski definition) is 1. The quantitative estimate of drug-likeness (QED) is 0.770. The predicted molar refractivity (Wildman–Crippen MR) is 89.6 cm³/mol. The number of aromatic nitrogens is 4. The lowest BCUT2D eigenvalue weighted by Crippen LogP contribution is -2.25. The highest BCUT2D eigenvalue weighted by molar-refractivity contribution is 7.92. The van der Waals surface area contributed by atoms with Crippen LogP contribution in [0.2, 0.25) is 0 Å². The van der Waals surface area contributed by atoms with Gasteiger partial charge in [0.25, 0.3) is 21.7 Å². The van der Waals surface area contributed by atoms with Gasteiger partial charge in [0.2, 0.25) is 0 Å². The first-order valence-corrected chi connectivity index (χ1v) is 9.05. The minimum Gasteiger partial charge on any atom is -0.374 e. The fraction of sp³-hybridized carbons (Fsp3) is 0.267. The summed E-state index contributed by atoms with van der Waals surface area (Å²) in [5.41, 5.74) is 2.12. The Balaban J connectivity index is 1.68. The van der Waals surface area contributed by atoms with E-state index in [1.165, 1.54) is 4.52 Å². The van der Waals surface area contributed by atoms with Gasteiger partial charge in [-0.25, -0.2) is 22.6 Å². The molecule has 9 heteroatoms. The molecule has 0 saturated heterocycles. The summed E-state index contributed by atoms with van der Waals surface area (Å²) >= 11 is 0. The van der Waals surface area contributed by atoms with E-state index in [0.717, 1.165) is 30.6 Å². The maximum Gasteiger partial charge on any atom is 0.264 e. The van der Waals surface area contributed by atoms with Crippen molar-refractivity contribution in [2.45, 2.75) is 17.7 Å². The number of nitrogens with zero attached hydrogens (tertiary/aromatic N) is 5. The van der Waals surface area contributed by atoms with Crippen LogP contribution >= 0.6 is 0 Å². The fourth-order valence-electron chi connectivity index (χ4n) is 2.86. The molecule has 1 N–H and O–H groups in total. The molecule has 0 radical (unpaired) electrons. The van der Waals surface area contributed by atoms with Crippen molar-refractivity contribution in [1.82, 2.24) is 19.6 Å². The molecule has 0 atom stereocenters. The van der Waals surface area contributed by atoms with E-state index >= 15 is 0 Å². The molecule has 24 heavy (non-hydrogen) atoms. The molecule has 0 fully saturated rings. The number of aryl methyl sites for hydroxylation is 1. The molecule has 2 aromatic heterocycles. The highest BCUT2D eigenvalue weighted by Crippen LogP contribution is 2.29. The summed E-state index contributed by atoms with van der Waals surface area (Å²) in [6.45, 7) is 0.920. The van der Waals surface area contributed by atoms with Crippen molar-refractivity contribution < 1.29 is 8.42 Å². The van der Waals surface area contributed by atoms with Gasteiger partial charge in [-0.15, -0.1) is 5.10 Å².